The largest absolute Gasteiger partial charge is 0.375 e. The van der Waals surface area contributed by atoms with Crippen LogP contribution in [0.4, 0.5) is 5.13 Å². The minimum absolute atomic E-state index is 0.0606. The molecule has 0 saturated carbocycles. The summed E-state index contributed by atoms with van der Waals surface area (Å²) in [7, 11) is 0. The van der Waals surface area contributed by atoms with Gasteiger partial charge >= 0.3 is 0 Å². The van der Waals surface area contributed by atoms with E-state index in [-0.39, 0.29) is 11.9 Å². The number of nitrogens with zero attached hydrogens (tertiary/aromatic N) is 1. The zero-order valence-electron chi connectivity index (χ0n) is 10.1. The van der Waals surface area contributed by atoms with E-state index in [4.69, 9.17) is 5.73 Å². The summed E-state index contributed by atoms with van der Waals surface area (Å²) in [5.41, 5.74) is 5.93. The second-order valence-electron chi connectivity index (χ2n) is 3.90. The quantitative estimate of drug-likeness (QED) is 0.885. The van der Waals surface area contributed by atoms with Crippen LogP contribution in [0.5, 0.6) is 0 Å². The lowest BCUT2D eigenvalue weighted by molar-refractivity contribution is 0.0931. The van der Waals surface area contributed by atoms with Gasteiger partial charge in [0.05, 0.1) is 6.04 Å². The molecular formula is C12H15N3OS2. The number of rotatable bonds is 5. The third-order valence-electron chi connectivity index (χ3n) is 2.52. The van der Waals surface area contributed by atoms with Gasteiger partial charge in [0.1, 0.15) is 5.69 Å². The first kappa shape index (κ1) is 13.0. The molecule has 3 N–H and O–H groups in total. The highest BCUT2D eigenvalue weighted by Crippen LogP contribution is 2.23. The SMILES string of the molecule is CCCC(NC(=O)c1csc(N)n1)c1cccs1. The average Bonchev–Trinajstić information content (AvgIpc) is 2.98. The van der Waals surface area contributed by atoms with Gasteiger partial charge in [-0.2, -0.15) is 0 Å². The third-order valence-corrected chi connectivity index (χ3v) is 4.18. The van der Waals surface area contributed by atoms with Crippen LogP contribution in [0.2, 0.25) is 0 Å². The molecule has 1 amide bonds. The maximum Gasteiger partial charge on any atom is 0.271 e. The number of thiazole rings is 1. The molecule has 0 aromatic carbocycles. The van der Waals surface area contributed by atoms with E-state index in [2.05, 4.69) is 17.2 Å². The molecule has 0 aliphatic carbocycles. The second-order valence-corrected chi connectivity index (χ2v) is 5.77. The molecule has 2 heterocycles. The highest BCUT2D eigenvalue weighted by molar-refractivity contribution is 7.13. The van der Waals surface area contributed by atoms with Gasteiger partial charge < -0.3 is 11.1 Å². The van der Waals surface area contributed by atoms with E-state index in [0.29, 0.717) is 10.8 Å². The van der Waals surface area contributed by atoms with E-state index in [1.165, 1.54) is 16.2 Å². The maximum atomic E-state index is 12.0. The number of nitrogens with one attached hydrogen (secondary N) is 1. The summed E-state index contributed by atoms with van der Waals surface area (Å²) in [6.07, 6.45) is 1.94. The van der Waals surface area contributed by atoms with Crippen molar-refractivity contribution in [2.45, 2.75) is 25.8 Å². The highest BCUT2D eigenvalue weighted by Gasteiger charge is 2.17. The van der Waals surface area contributed by atoms with Gasteiger partial charge in [0.15, 0.2) is 5.13 Å². The molecule has 0 fully saturated rings. The Morgan fingerprint density at radius 1 is 1.56 bits per heavy atom. The summed E-state index contributed by atoms with van der Waals surface area (Å²) in [4.78, 5) is 17.2. The number of nitrogens with two attached hydrogens (primary N) is 1. The normalized spacial score (nSPS) is 12.3. The summed E-state index contributed by atoms with van der Waals surface area (Å²) < 4.78 is 0. The zero-order chi connectivity index (χ0) is 13.0. The van der Waals surface area contributed by atoms with Crippen molar-refractivity contribution >= 4 is 33.7 Å². The van der Waals surface area contributed by atoms with Gasteiger partial charge in [-0.3, -0.25) is 4.79 Å². The Bertz CT molecular complexity index is 507. The Morgan fingerprint density at radius 3 is 2.94 bits per heavy atom. The molecule has 2 aromatic rings. The summed E-state index contributed by atoms with van der Waals surface area (Å²) in [5.74, 6) is -0.158. The molecule has 96 valence electrons. The predicted octanol–water partition coefficient (Wildman–Crippen LogP) is 3.06. The predicted molar refractivity (Wildman–Crippen MR) is 76.0 cm³/mol. The van der Waals surface area contributed by atoms with Crippen molar-refractivity contribution in [1.82, 2.24) is 10.3 Å². The minimum Gasteiger partial charge on any atom is -0.375 e. The zero-order valence-corrected chi connectivity index (χ0v) is 11.7. The molecule has 6 heteroatoms. The fourth-order valence-corrected chi connectivity index (χ4v) is 3.04. The lowest BCUT2D eigenvalue weighted by Crippen LogP contribution is -2.28. The summed E-state index contributed by atoms with van der Waals surface area (Å²) in [6.45, 7) is 2.10. The van der Waals surface area contributed by atoms with E-state index < -0.39 is 0 Å². The first-order valence-corrected chi connectivity index (χ1v) is 7.52. The number of amides is 1. The number of carbonyl (C=O) groups excluding carboxylic acids is 1. The van der Waals surface area contributed by atoms with E-state index in [1.54, 1.807) is 16.7 Å². The summed E-state index contributed by atoms with van der Waals surface area (Å²) >= 11 is 2.94. The number of hydrogen-bond donors (Lipinski definition) is 2. The Kier molecular flexibility index (Phi) is 4.33. The molecular weight excluding hydrogens is 266 g/mol. The maximum absolute atomic E-state index is 12.0. The Morgan fingerprint density at radius 2 is 2.39 bits per heavy atom. The number of aromatic nitrogens is 1. The number of hydrogen-bond acceptors (Lipinski definition) is 5. The van der Waals surface area contributed by atoms with Crippen LogP contribution in [0.1, 0.15) is 41.2 Å². The third kappa shape index (κ3) is 3.08. The Balaban J connectivity index is 2.07. The van der Waals surface area contributed by atoms with Gasteiger partial charge in [-0.25, -0.2) is 4.98 Å². The molecule has 4 nitrogen and oxygen atoms in total. The minimum atomic E-state index is -0.158. The van der Waals surface area contributed by atoms with E-state index in [9.17, 15) is 4.79 Å². The number of carbonyl (C=O) groups is 1. The first-order chi connectivity index (χ1) is 8.70. The number of thiophene rings is 1. The van der Waals surface area contributed by atoms with Crippen LogP contribution in [-0.4, -0.2) is 10.9 Å². The number of anilines is 1. The van der Waals surface area contributed by atoms with Gasteiger partial charge in [-0.1, -0.05) is 19.4 Å². The smallest absolute Gasteiger partial charge is 0.271 e. The standard InChI is InChI=1S/C12H15N3OS2/c1-2-4-8(10-5-3-6-17-10)14-11(16)9-7-18-12(13)15-9/h3,5-8H,2,4H2,1H3,(H2,13,15)(H,14,16). The molecule has 2 rings (SSSR count). The van der Waals surface area contributed by atoms with E-state index in [1.807, 2.05) is 17.5 Å². The van der Waals surface area contributed by atoms with Gasteiger partial charge in [0.25, 0.3) is 5.91 Å². The lowest BCUT2D eigenvalue weighted by atomic mass is 10.1. The van der Waals surface area contributed by atoms with Crippen LogP contribution in [-0.2, 0) is 0 Å². The van der Waals surface area contributed by atoms with Crippen LogP contribution in [0.15, 0.2) is 22.9 Å². The molecule has 0 spiro atoms. The molecule has 0 bridgehead atoms. The van der Waals surface area contributed by atoms with Crippen molar-refractivity contribution in [2.75, 3.05) is 5.73 Å². The van der Waals surface area contributed by atoms with Crippen molar-refractivity contribution in [3.63, 3.8) is 0 Å². The van der Waals surface area contributed by atoms with Crippen molar-refractivity contribution in [3.05, 3.63) is 33.5 Å². The van der Waals surface area contributed by atoms with Crippen LogP contribution in [0, 0.1) is 0 Å². The fourth-order valence-electron chi connectivity index (χ4n) is 1.69. The van der Waals surface area contributed by atoms with Gasteiger partial charge in [-0.15, -0.1) is 22.7 Å². The van der Waals surface area contributed by atoms with Crippen LogP contribution in [0.25, 0.3) is 0 Å². The Hall–Kier alpha value is -1.40. The Labute approximate surface area is 114 Å². The molecule has 1 atom stereocenters. The molecule has 0 aliphatic heterocycles. The molecule has 2 aromatic heterocycles. The van der Waals surface area contributed by atoms with Crippen molar-refractivity contribution < 1.29 is 4.79 Å². The second kappa shape index (κ2) is 5.97. The molecule has 0 radical (unpaired) electrons. The average molecular weight is 281 g/mol. The monoisotopic (exact) mass is 281 g/mol. The van der Waals surface area contributed by atoms with E-state index >= 15 is 0 Å². The van der Waals surface area contributed by atoms with Crippen LogP contribution < -0.4 is 11.1 Å². The summed E-state index contributed by atoms with van der Waals surface area (Å²) in [6, 6.07) is 4.10. The van der Waals surface area contributed by atoms with Gasteiger partial charge in [-0.05, 0) is 17.9 Å². The molecule has 0 saturated heterocycles. The molecule has 1 unspecified atom stereocenters. The topological polar surface area (TPSA) is 68.0 Å². The lowest BCUT2D eigenvalue weighted by Gasteiger charge is -2.15. The molecule has 18 heavy (non-hydrogen) atoms. The highest BCUT2D eigenvalue weighted by atomic mass is 32.1. The molecule has 0 aliphatic rings. The fraction of sp³-hybridized carbons (Fsp3) is 0.333. The van der Waals surface area contributed by atoms with Crippen molar-refractivity contribution in [2.24, 2.45) is 0 Å². The van der Waals surface area contributed by atoms with Gasteiger partial charge in [0, 0.05) is 10.3 Å². The summed E-state index contributed by atoms with van der Waals surface area (Å²) in [5, 5.41) is 7.13. The van der Waals surface area contributed by atoms with Crippen LogP contribution in [0.3, 0.4) is 0 Å². The van der Waals surface area contributed by atoms with Crippen LogP contribution >= 0.6 is 22.7 Å². The van der Waals surface area contributed by atoms with Gasteiger partial charge in [0.2, 0.25) is 0 Å². The van der Waals surface area contributed by atoms with Crippen molar-refractivity contribution in [3.8, 4) is 0 Å². The first-order valence-electron chi connectivity index (χ1n) is 5.76. The van der Waals surface area contributed by atoms with Crippen molar-refractivity contribution in [1.29, 1.82) is 0 Å². The van der Waals surface area contributed by atoms with E-state index in [0.717, 1.165) is 12.8 Å². The number of nitrogen functional groups attached to an aromatic ring is 1.